The Morgan fingerprint density at radius 1 is 1.22 bits per heavy atom. The smallest absolute Gasteiger partial charge is 0.259 e. The van der Waals surface area contributed by atoms with E-state index in [1.54, 1.807) is 19.6 Å². The van der Waals surface area contributed by atoms with E-state index in [1.165, 1.54) is 0 Å². The standard InChI is InChI=1S/C20H21N5O2/c1-15(16-6-8-18(9-7-16)25-11-10-21-14-25)23-24-20(26)13-22-17-4-3-5-19(12-17)27-2/h3-12,14,22H,13H2,1-2H3,(H,24,26)/b23-15-. The third-order valence-electron chi connectivity index (χ3n) is 3.96. The van der Waals surface area contributed by atoms with Gasteiger partial charge in [-0.15, -0.1) is 0 Å². The Balaban J connectivity index is 1.54. The summed E-state index contributed by atoms with van der Waals surface area (Å²) in [4.78, 5) is 16.0. The van der Waals surface area contributed by atoms with Crippen LogP contribution in [0.3, 0.4) is 0 Å². The minimum absolute atomic E-state index is 0.115. The number of rotatable bonds is 7. The highest BCUT2D eigenvalue weighted by atomic mass is 16.5. The molecular formula is C20H21N5O2. The van der Waals surface area contributed by atoms with Crippen LogP contribution in [0.25, 0.3) is 5.69 Å². The first-order valence-corrected chi connectivity index (χ1v) is 8.45. The minimum atomic E-state index is -0.229. The number of hydrazone groups is 1. The number of benzene rings is 2. The third kappa shape index (κ3) is 4.94. The van der Waals surface area contributed by atoms with Gasteiger partial charge in [-0.3, -0.25) is 4.79 Å². The van der Waals surface area contributed by atoms with Crippen LogP contribution in [0, 0.1) is 0 Å². The first kappa shape index (κ1) is 18.2. The molecule has 1 amide bonds. The van der Waals surface area contributed by atoms with Crippen molar-refractivity contribution in [3.8, 4) is 11.4 Å². The second-order valence-corrected chi connectivity index (χ2v) is 5.83. The van der Waals surface area contributed by atoms with Gasteiger partial charge in [-0.2, -0.15) is 5.10 Å². The number of anilines is 1. The van der Waals surface area contributed by atoms with Gasteiger partial charge in [0.05, 0.1) is 25.7 Å². The van der Waals surface area contributed by atoms with Crippen LogP contribution in [-0.2, 0) is 4.79 Å². The topological polar surface area (TPSA) is 80.5 Å². The van der Waals surface area contributed by atoms with E-state index >= 15 is 0 Å². The monoisotopic (exact) mass is 363 g/mol. The van der Waals surface area contributed by atoms with Gasteiger partial charge < -0.3 is 14.6 Å². The number of imidazole rings is 1. The van der Waals surface area contributed by atoms with E-state index in [4.69, 9.17) is 4.74 Å². The van der Waals surface area contributed by atoms with Crippen LogP contribution in [0.2, 0.25) is 0 Å². The summed E-state index contributed by atoms with van der Waals surface area (Å²) < 4.78 is 7.07. The molecule has 0 aliphatic rings. The molecule has 0 spiro atoms. The number of methoxy groups -OCH3 is 1. The summed E-state index contributed by atoms with van der Waals surface area (Å²) in [6.07, 6.45) is 5.35. The normalized spacial score (nSPS) is 11.1. The second kappa shape index (κ2) is 8.66. The molecule has 0 unspecified atom stereocenters. The van der Waals surface area contributed by atoms with Crippen molar-refractivity contribution in [2.75, 3.05) is 19.0 Å². The van der Waals surface area contributed by atoms with E-state index in [-0.39, 0.29) is 12.5 Å². The average Bonchev–Trinajstić information content (AvgIpc) is 3.25. The van der Waals surface area contributed by atoms with E-state index in [0.29, 0.717) is 0 Å². The fraction of sp³-hybridized carbons (Fsp3) is 0.150. The number of carbonyl (C=O) groups excluding carboxylic acids is 1. The van der Waals surface area contributed by atoms with Crippen molar-refractivity contribution >= 4 is 17.3 Å². The highest BCUT2D eigenvalue weighted by molar-refractivity contribution is 5.99. The maximum absolute atomic E-state index is 12.0. The number of aromatic nitrogens is 2. The number of carbonyl (C=O) groups is 1. The van der Waals surface area contributed by atoms with Crippen molar-refractivity contribution in [1.29, 1.82) is 0 Å². The lowest BCUT2D eigenvalue weighted by Crippen LogP contribution is -2.26. The van der Waals surface area contributed by atoms with Gasteiger partial charge in [0.2, 0.25) is 0 Å². The van der Waals surface area contributed by atoms with Crippen molar-refractivity contribution < 1.29 is 9.53 Å². The minimum Gasteiger partial charge on any atom is -0.497 e. The van der Waals surface area contributed by atoms with Gasteiger partial charge in [0, 0.05) is 29.8 Å². The van der Waals surface area contributed by atoms with Crippen LogP contribution >= 0.6 is 0 Å². The molecule has 0 atom stereocenters. The molecule has 2 N–H and O–H groups in total. The molecule has 7 heteroatoms. The van der Waals surface area contributed by atoms with Crippen molar-refractivity contribution in [2.24, 2.45) is 5.10 Å². The Bertz CT molecular complexity index is 918. The Kier molecular flexibility index (Phi) is 5.84. The SMILES string of the molecule is COc1cccc(NCC(=O)N/N=C(/C)c2ccc(-n3ccnc3)cc2)c1. The molecule has 0 aliphatic heterocycles. The Morgan fingerprint density at radius 2 is 2.04 bits per heavy atom. The molecule has 0 saturated carbocycles. The van der Waals surface area contributed by atoms with Crippen LogP contribution in [0.15, 0.2) is 72.4 Å². The number of nitrogens with zero attached hydrogens (tertiary/aromatic N) is 3. The maximum Gasteiger partial charge on any atom is 0.259 e. The van der Waals surface area contributed by atoms with E-state index in [1.807, 2.05) is 66.2 Å². The van der Waals surface area contributed by atoms with Gasteiger partial charge >= 0.3 is 0 Å². The van der Waals surface area contributed by atoms with Gasteiger partial charge in [-0.25, -0.2) is 10.4 Å². The molecular weight excluding hydrogens is 342 g/mol. The van der Waals surface area contributed by atoms with E-state index < -0.39 is 0 Å². The lowest BCUT2D eigenvalue weighted by atomic mass is 10.1. The fourth-order valence-electron chi connectivity index (χ4n) is 2.45. The zero-order chi connectivity index (χ0) is 19.1. The average molecular weight is 363 g/mol. The number of nitrogens with one attached hydrogen (secondary N) is 2. The molecule has 7 nitrogen and oxygen atoms in total. The molecule has 0 radical (unpaired) electrons. The van der Waals surface area contributed by atoms with Gasteiger partial charge in [-0.05, 0) is 36.8 Å². The van der Waals surface area contributed by atoms with Crippen molar-refractivity contribution in [3.63, 3.8) is 0 Å². The molecule has 0 saturated heterocycles. The largest absolute Gasteiger partial charge is 0.497 e. The number of ether oxygens (including phenoxy) is 1. The lowest BCUT2D eigenvalue weighted by Gasteiger charge is -2.08. The number of amides is 1. The Hall–Kier alpha value is -3.61. The summed E-state index contributed by atoms with van der Waals surface area (Å²) >= 11 is 0. The third-order valence-corrected chi connectivity index (χ3v) is 3.96. The zero-order valence-electron chi connectivity index (χ0n) is 15.2. The molecule has 138 valence electrons. The van der Waals surface area contributed by atoms with Gasteiger partial charge in [0.25, 0.3) is 5.91 Å². The molecule has 0 aliphatic carbocycles. The molecule has 1 heterocycles. The first-order valence-electron chi connectivity index (χ1n) is 8.45. The summed E-state index contributed by atoms with van der Waals surface area (Å²) in [5.41, 5.74) is 6.03. The van der Waals surface area contributed by atoms with Crippen molar-refractivity contribution in [3.05, 3.63) is 72.8 Å². The van der Waals surface area contributed by atoms with Crippen molar-refractivity contribution in [1.82, 2.24) is 15.0 Å². The van der Waals surface area contributed by atoms with Gasteiger partial charge in [-0.1, -0.05) is 18.2 Å². The molecule has 0 fully saturated rings. The molecule has 2 aromatic carbocycles. The predicted molar refractivity (Wildman–Crippen MR) is 105 cm³/mol. The summed E-state index contributed by atoms with van der Waals surface area (Å²) in [7, 11) is 1.60. The molecule has 1 aromatic heterocycles. The maximum atomic E-state index is 12.0. The quantitative estimate of drug-likeness (QED) is 0.500. The summed E-state index contributed by atoms with van der Waals surface area (Å²) in [6, 6.07) is 15.2. The van der Waals surface area contributed by atoms with Crippen LogP contribution in [0.4, 0.5) is 5.69 Å². The van der Waals surface area contributed by atoms with Gasteiger partial charge in [0.15, 0.2) is 0 Å². The molecule has 3 aromatic rings. The van der Waals surface area contributed by atoms with Crippen LogP contribution < -0.4 is 15.5 Å². The highest BCUT2D eigenvalue weighted by Gasteiger charge is 2.03. The summed E-state index contributed by atoms with van der Waals surface area (Å²) in [5, 5.41) is 7.20. The Labute approximate surface area is 157 Å². The number of hydrogen-bond acceptors (Lipinski definition) is 5. The summed E-state index contributed by atoms with van der Waals surface area (Å²) in [5.74, 6) is 0.501. The molecule has 0 bridgehead atoms. The highest BCUT2D eigenvalue weighted by Crippen LogP contribution is 2.16. The lowest BCUT2D eigenvalue weighted by molar-refractivity contribution is -0.119. The van der Waals surface area contributed by atoms with Crippen LogP contribution in [-0.4, -0.2) is 34.8 Å². The van der Waals surface area contributed by atoms with Crippen molar-refractivity contribution in [2.45, 2.75) is 6.92 Å². The van der Waals surface area contributed by atoms with Crippen LogP contribution in [0.1, 0.15) is 12.5 Å². The fourth-order valence-corrected chi connectivity index (χ4v) is 2.45. The Morgan fingerprint density at radius 3 is 2.74 bits per heavy atom. The van der Waals surface area contributed by atoms with E-state index in [2.05, 4.69) is 20.8 Å². The van der Waals surface area contributed by atoms with E-state index in [0.717, 1.165) is 28.4 Å². The predicted octanol–water partition coefficient (Wildman–Crippen LogP) is 2.83. The number of hydrogen-bond donors (Lipinski definition) is 2. The first-order chi connectivity index (χ1) is 13.2. The zero-order valence-corrected chi connectivity index (χ0v) is 15.2. The summed E-state index contributed by atoms with van der Waals surface area (Å²) in [6.45, 7) is 1.96. The van der Waals surface area contributed by atoms with E-state index in [9.17, 15) is 4.79 Å². The second-order valence-electron chi connectivity index (χ2n) is 5.83. The molecule has 3 rings (SSSR count). The molecule has 27 heavy (non-hydrogen) atoms. The van der Waals surface area contributed by atoms with Crippen LogP contribution in [0.5, 0.6) is 5.75 Å². The van der Waals surface area contributed by atoms with Gasteiger partial charge in [0.1, 0.15) is 5.75 Å².